The summed E-state index contributed by atoms with van der Waals surface area (Å²) in [4.78, 5) is 28.4. The molecule has 116 valence electrons. The Morgan fingerprint density at radius 3 is 2.09 bits per heavy atom. The zero-order chi connectivity index (χ0) is 16.7. The zero-order valence-corrected chi connectivity index (χ0v) is 13.8. The lowest BCUT2D eigenvalue weighted by Crippen LogP contribution is -1.85. The highest BCUT2D eigenvalue weighted by Crippen LogP contribution is 2.17. The summed E-state index contributed by atoms with van der Waals surface area (Å²) in [5.41, 5.74) is 3.03. The lowest BCUT2D eigenvalue weighted by Gasteiger charge is -1.96. The first-order valence-electron chi connectivity index (χ1n) is 6.57. The molecular formula is C16H13BrN4O2. The van der Waals surface area contributed by atoms with Crippen LogP contribution < -0.4 is 0 Å². The van der Waals surface area contributed by atoms with Crippen molar-refractivity contribution in [2.24, 2.45) is 7.05 Å². The summed E-state index contributed by atoms with van der Waals surface area (Å²) in [5, 5.41) is 4.05. The van der Waals surface area contributed by atoms with Crippen LogP contribution >= 0.6 is 15.9 Å². The van der Waals surface area contributed by atoms with Crippen molar-refractivity contribution in [3.8, 4) is 11.1 Å². The summed E-state index contributed by atoms with van der Waals surface area (Å²) in [5.74, 6) is 0. The molecule has 6 nitrogen and oxygen atoms in total. The van der Waals surface area contributed by atoms with Crippen LogP contribution in [0.25, 0.3) is 11.1 Å². The third kappa shape index (κ3) is 4.93. The van der Waals surface area contributed by atoms with Crippen molar-refractivity contribution < 1.29 is 9.59 Å². The average Bonchev–Trinajstić information content (AvgIpc) is 3.02. The van der Waals surface area contributed by atoms with E-state index in [9.17, 15) is 9.59 Å². The summed E-state index contributed by atoms with van der Waals surface area (Å²) in [6.45, 7) is 0. The van der Waals surface area contributed by atoms with Crippen molar-refractivity contribution in [3.63, 3.8) is 0 Å². The van der Waals surface area contributed by atoms with E-state index in [4.69, 9.17) is 0 Å². The van der Waals surface area contributed by atoms with Crippen molar-refractivity contribution in [2.75, 3.05) is 0 Å². The minimum Gasteiger partial charge on any atom is -0.298 e. The Hall–Kier alpha value is -2.67. The number of aldehydes is 2. The van der Waals surface area contributed by atoms with Crippen molar-refractivity contribution in [2.45, 2.75) is 0 Å². The third-order valence-corrected chi connectivity index (χ3v) is 3.23. The Morgan fingerprint density at radius 2 is 1.57 bits per heavy atom. The van der Waals surface area contributed by atoms with Gasteiger partial charge < -0.3 is 0 Å². The number of nitrogens with zero attached hydrogens (tertiary/aromatic N) is 4. The fraction of sp³-hybridized carbons (Fsp3) is 0.0625. The molecule has 0 aliphatic carbocycles. The molecule has 0 bridgehead atoms. The summed E-state index contributed by atoms with van der Waals surface area (Å²) in [6, 6.07) is 3.50. The molecule has 23 heavy (non-hydrogen) atoms. The van der Waals surface area contributed by atoms with Crippen LogP contribution in [0.1, 0.15) is 20.7 Å². The van der Waals surface area contributed by atoms with Crippen LogP contribution in [0.15, 0.2) is 53.8 Å². The van der Waals surface area contributed by atoms with E-state index in [1.807, 2.05) is 13.2 Å². The molecule has 0 saturated heterocycles. The number of halogens is 1. The highest BCUT2D eigenvalue weighted by molar-refractivity contribution is 9.10. The smallest absolute Gasteiger partial charge is 0.151 e. The van der Waals surface area contributed by atoms with Gasteiger partial charge in [0.2, 0.25) is 0 Å². The second kappa shape index (κ2) is 8.09. The topological polar surface area (TPSA) is 77.7 Å². The Morgan fingerprint density at radius 1 is 0.913 bits per heavy atom. The number of carbonyl (C=O) groups excluding carboxylic acids is 2. The molecule has 3 aromatic heterocycles. The van der Waals surface area contributed by atoms with Gasteiger partial charge in [-0.3, -0.25) is 24.2 Å². The van der Waals surface area contributed by atoms with Gasteiger partial charge in [-0.25, -0.2) is 0 Å². The number of hydrogen-bond acceptors (Lipinski definition) is 5. The van der Waals surface area contributed by atoms with E-state index < -0.39 is 0 Å². The van der Waals surface area contributed by atoms with Gasteiger partial charge in [0.15, 0.2) is 12.6 Å². The fourth-order valence-electron chi connectivity index (χ4n) is 1.74. The number of aromatic nitrogens is 4. The van der Waals surface area contributed by atoms with E-state index >= 15 is 0 Å². The van der Waals surface area contributed by atoms with Gasteiger partial charge in [-0.1, -0.05) is 0 Å². The van der Waals surface area contributed by atoms with Crippen molar-refractivity contribution in [1.82, 2.24) is 19.7 Å². The first kappa shape index (κ1) is 16.7. The van der Waals surface area contributed by atoms with E-state index in [0.717, 1.165) is 28.2 Å². The second-order valence-corrected chi connectivity index (χ2v) is 5.50. The van der Waals surface area contributed by atoms with Gasteiger partial charge in [0.05, 0.1) is 6.20 Å². The minimum atomic E-state index is 0.575. The first-order chi connectivity index (χ1) is 11.1. The Labute approximate surface area is 141 Å². The maximum atomic E-state index is 10.5. The van der Waals surface area contributed by atoms with Gasteiger partial charge in [0.1, 0.15) is 0 Å². The molecule has 0 unspecified atom stereocenters. The summed E-state index contributed by atoms with van der Waals surface area (Å²) < 4.78 is 2.54. The van der Waals surface area contributed by atoms with E-state index in [1.54, 1.807) is 35.4 Å². The second-order valence-electron chi connectivity index (χ2n) is 4.58. The minimum absolute atomic E-state index is 0.575. The molecule has 0 N–H and O–H groups in total. The lowest BCUT2D eigenvalue weighted by atomic mass is 10.1. The molecular weight excluding hydrogens is 360 g/mol. The normalized spacial score (nSPS) is 9.65. The standard InChI is InChI=1S/C10H9N3O.C6H4BrNO/c1-13-6-10(5-12-13)9-2-8(7-14)3-11-4-9;7-6-1-5(4-9)2-8-3-6/h2-7H,1H3;1-4H. The van der Waals surface area contributed by atoms with Crippen LogP contribution in [-0.4, -0.2) is 32.3 Å². The summed E-state index contributed by atoms with van der Waals surface area (Å²) in [7, 11) is 1.85. The van der Waals surface area contributed by atoms with Gasteiger partial charge in [-0.15, -0.1) is 0 Å². The van der Waals surface area contributed by atoms with Gasteiger partial charge in [0, 0.05) is 64.8 Å². The molecule has 0 spiro atoms. The lowest BCUT2D eigenvalue weighted by molar-refractivity contribution is 0.111. The monoisotopic (exact) mass is 372 g/mol. The van der Waals surface area contributed by atoms with Crippen LogP contribution in [0, 0.1) is 0 Å². The van der Waals surface area contributed by atoms with E-state index in [0.29, 0.717) is 11.1 Å². The zero-order valence-electron chi connectivity index (χ0n) is 12.3. The van der Waals surface area contributed by atoms with Gasteiger partial charge in [0.25, 0.3) is 0 Å². The molecule has 3 rings (SSSR count). The molecule has 0 aliphatic rings. The van der Waals surface area contributed by atoms with Crippen LogP contribution in [0.5, 0.6) is 0 Å². The molecule has 7 heteroatoms. The molecule has 3 heterocycles. The number of carbonyl (C=O) groups is 2. The Bertz CT molecular complexity index is 817. The Kier molecular flexibility index (Phi) is 5.87. The molecule has 0 fully saturated rings. The molecule has 0 aromatic carbocycles. The predicted molar refractivity (Wildman–Crippen MR) is 89.2 cm³/mol. The van der Waals surface area contributed by atoms with Gasteiger partial charge in [-0.2, -0.15) is 5.10 Å². The quantitative estimate of drug-likeness (QED) is 0.660. The molecule has 0 saturated carbocycles. The fourth-order valence-corrected chi connectivity index (χ4v) is 2.13. The SMILES string of the molecule is Cn1cc(-c2cncc(C=O)c2)cn1.O=Cc1cncc(Br)c1. The number of hydrogen-bond donors (Lipinski definition) is 0. The van der Waals surface area contributed by atoms with Crippen LogP contribution in [0.2, 0.25) is 0 Å². The van der Waals surface area contributed by atoms with Crippen LogP contribution in [-0.2, 0) is 7.05 Å². The highest BCUT2D eigenvalue weighted by atomic mass is 79.9. The summed E-state index contributed by atoms with van der Waals surface area (Å²) in [6.07, 6.45) is 11.6. The van der Waals surface area contributed by atoms with Crippen LogP contribution in [0.3, 0.4) is 0 Å². The van der Waals surface area contributed by atoms with Crippen LogP contribution in [0.4, 0.5) is 0 Å². The highest BCUT2D eigenvalue weighted by Gasteiger charge is 2.01. The maximum Gasteiger partial charge on any atom is 0.151 e. The molecule has 0 amide bonds. The van der Waals surface area contributed by atoms with Crippen molar-refractivity contribution in [1.29, 1.82) is 0 Å². The van der Waals surface area contributed by atoms with E-state index in [2.05, 4.69) is 31.0 Å². The molecule has 0 radical (unpaired) electrons. The van der Waals surface area contributed by atoms with Crippen molar-refractivity contribution in [3.05, 3.63) is 64.9 Å². The molecule has 3 aromatic rings. The number of rotatable bonds is 3. The summed E-state index contributed by atoms with van der Waals surface area (Å²) >= 11 is 3.18. The van der Waals surface area contributed by atoms with Crippen molar-refractivity contribution >= 4 is 28.5 Å². The van der Waals surface area contributed by atoms with Gasteiger partial charge >= 0.3 is 0 Å². The van der Waals surface area contributed by atoms with E-state index in [1.165, 1.54) is 12.4 Å². The molecule has 0 aliphatic heterocycles. The maximum absolute atomic E-state index is 10.5. The predicted octanol–water partition coefficient (Wildman–Crippen LogP) is 2.95. The first-order valence-corrected chi connectivity index (χ1v) is 7.36. The number of pyridine rings is 2. The van der Waals surface area contributed by atoms with Gasteiger partial charge in [-0.05, 0) is 28.1 Å². The Balaban J connectivity index is 0.000000185. The number of aryl methyl sites for hydroxylation is 1. The van der Waals surface area contributed by atoms with E-state index in [-0.39, 0.29) is 0 Å². The molecule has 0 atom stereocenters. The average molecular weight is 373 g/mol. The third-order valence-electron chi connectivity index (χ3n) is 2.80. The largest absolute Gasteiger partial charge is 0.298 e.